The number of amidine groups is 1. The second-order valence-corrected chi connectivity index (χ2v) is 10.5. The molecule has 1 saturated heterocycles. The number of benzene rings is 2. The lowest BCUT2D eigenvalue weighted by Gasteiger charge is -2.27. The van der Waals surface area contributed by atoms with Gasteiger partial charge in [0.25, 0.3) is 11.8 Å². The lowest BCUT2D eigenvalue weighted by atomic mass is 9.87. The van der Waals surface area contributed by atoms with Gasteiger partial charge in [-0.05, 0) is 73.9 Å². The number of thioether (sulfide) groups is 1. The smallest absolute Gasteiger partial charge is 0.262 e. The molecule has 2 heterocycles. The van der Waals surface area contributed by atoms with E-state index in [1.54, 1.807) is 24.3 Å². The highest BCUT2D eigenvalue weighted by molar-refractivity contribution is 8.15. The number of hydrogen-bond donors (Lipinski definition) is 2. The van der Waals surface area contributed by atoms with Gasteiger partial charge in [-0.3, -0.25) is 14.4 Å². The number of piperidine rings is 1. The Morgan fingerprint density at radius 1 is 1.00 bits per heavy atom. The molecule has 7 nitrogen and oxygen atoms in total. The fourth-order valence-corrected chi connectivity index (χ4v) is 6.08. The van der Waals surface area contributed by atoms with Crippen molar-refractivity contribution in [2.45, 2.75) is 56.2 Å². The van der Waals surface area contributed by atoms with Crippen LogP contribution in [0.5, 0.6) is 0 Å². The van der Waals surface area contributed by atoms with Crippen LogP contribution >= 0.6 is 11.8 Å². The van der Waals surface area contributed by atoms with E-state index in [1.165, 1.54) is 29.3 Å². The van der Waals surface area contributed by atoms with Crippen molar-refractivity contribution in [1.29, 1.82) is 0 Å². The van der Waals surface area contributed by atoms with E-state index in [9.17, 15) is 14.4 Å². The Kier molecular flexibility index (Phi) is 7.18. The highest BCUT2D eigenvalue weighted by Gasteiger charge is 2.33. The molecule has 0 spiro atoms. The summed E-state index contributed by atoms with van der Waals surface area (Å²) in [6, 6.07) is 15.2. The maximum absolute atomic E-state index is 12.8. The Bertz CT molecular complexity index is 1140. The maximum Gasteiger partial charge on any atom is 0.262 e. The van der Waals surface area contributed by atoms with Crippen molar-refractivity contribution in [1.82, 2.24) is 10.2 Å². The van der Waals surface area contributed by atoms with E-state index in [4.69, 9.17) is 0 Å². The van der Waals surface area contributed by atoms with Crippen LogP contribution in [0.2, 0.25) is 0 Å². The molecule has 1 aliphatic carbocycles. The van der Waals surface area contributed by atoms with Gasteiger partial charge in [0.1, 0.15) is 5.25 Å². The average Bonchev–Trinajstić information content (AvgIpc) is 3.25. The van der Waals surface area contributed by atoms with Crippen molar-refractivity contribution in [3.63, 3.8) is 0 Å². The van der Waals surface area contributed by atoms with Crippen LogP contribution in [0.1, 0.15) is 66.1 Å². The number of hydrogen-bond acceptors (Lipinski definition) is 5. The molecule has 1 fully saturated rings. The molecule has 2 N–H and O–H groups in total. The molecule has 0 aromatic heterocycles. The van der Waals surface area contributed by atoms with Crippen molar-refractivity contribution in [2.75, 3.05) is 18.4 Å². The van der Waals surface area contributed by atoms with Crippen LogP contribution in [-0.4, -0.2) is 46.1 Å². The fraction of sp³-hybridized carbons (Fsp3) is 0.407. The van der Waals surface area contributed by atoms with E-state index in [0.29, 0.717) is 11.3 Å². The summed E-state index contributed by atoms with van der Waals surface area (Å²) in [5.74, 6) is -0.594. The van der Waals surface area contributed by atoms with Gasteiger partial charge in [-0.15, -0.1) is 0 Å². The summed E-state index contributed by atoms with van der Waals surface area (Å²) < 4.78 is 0. The van der Waals surface area contributed by atoms with Crippen LogP contribution in [-0.2, 0) is 16.0 Å². The summed E-state index contributed by atoms with van der Waals surface area (Å²) >= 11 is 1.39. The first-order valence-corrected chi connectivity index (χ1v) is 13.3. The third-order valence-corrected chi connectivity index (χ3v) is 8.05. The molecule has 3 amide bonds. The van der Waals surface area contributed by atoms with Gasteiger partial charge in [-0.2, -0.15) is 4.99 Å². The summed E-state index contributed by atoms with van der Waals surface area (Å²) in [4.78, 5) is 44.1. The van der Waals surface area contributed by atoms with Crippen LogP contribution in [0.15, 0.2) is 53.5 Å². The van der Waals surface area contributed by atoms with Gasteiger partial charge in [0.05, 0.1) is 6.04 Å². The third kappa shape index (κ3) is 5.59. The zero-order valence-electron chi connectivity index (χ0n) is 19.7. The molecule has 2 aliphatic heterocycles. The van der Waals surface area contributed by atoms with Crippen LogP contribution in [0.25, 0.3) is 0 Å². The Morgan fingerprint density at radius 3 is 2.57 bits per heavy atom. The summed E-state index contributed by atoms with van der Waals surface area (Å²) in [6.45, 7) is 1.84. The number of aryl methyl sites for hydroxylation is 1. The molecule has 2 aromatic carbocycles. The Labute approximate surface area is 209 Å². The van der Waals surface area contributed by atoms with E-state index >= 15 is 0 Å². The number of rotatable bonds is 5. The molecule has 35 heavy (non-hydrogen) atoms. The number of anilines is 1. The minimum atomic E-state index is -0.477. The van der Waals surface area contributed by atoms with Gasteiger partial charge in [-0.1, -0.05) is 36.0 Å². The quantitative estimate of drug-likeness (QED) is 0.652. The standard InChI is InChI=1S/C27H30N4O3S/c32-24(17-23-26(34)30-27(35-23)31-15-4-1-5-16-31)28-20-13-11-19(12-14-20)25(33)29-22-10-6-8-18-7-2-3-9-21(18)22/h2-3,7,9,11-14,22-23H,1,4-6,8,10,15-17H2,(H,28,32)(H,29,33)/t22-,23+/m0/s1. The monoisotopic (exact) mass is 490 g/mol. The molecule has 0 bridgehead atoms. The zero-order chi connectivity index (χ0) is 24.2. The van der Waals surface area contributed by atoms with Crippen molar-refractivity contribution >= 4 is 40.3 Å². The molecule has 0 radical (unpaired) electrons. The minimum absolute atomic E-state index is 0.0188. The molecule has 2 atom stereocenters. The van der Waals surface area contributed by atoms with Gasteiger partial charge < -0.3 is 15.5 Å². The predicted octanol–water partition coefficient (Wildman–Crippen LogP) is 4.31. The van der Waals surface area contributed by atoms with Crippen LogP contribution in [0, 0.1) is 0 Å². The van der Waals surface area contributed by atoms with E-state index in [0.717, 1.165) is 50.4 Å². The van der Waals surface area contributed by atoms with E-state index in [-0.39, 0.29) is 30.2 Å². The van der Waals surface area contributed by atoms with Gasteiger partial charge in [-0.25, -0.2) is 0 Å². The van der Waals surface area contributed by atoms with E-state index < -0.39 is 5.25 Å². The molecular weight excluding hydrogens is 460 g/mol. The van der Waals surface area contributed by atoms with Crippen LogP contribution in [0.4, 0.5) is 5.69 Å². The van der Waals surface area contributed by atoms with Crippen LogP contribution < -0.4 is 10.6 Å². The number of carbonyl (C=O) groups excluding carboxylic acids is 3. The highest BCUT2D eigenvalue weighted by Crippen LogP contribution is 2.30. The first-order valence-electron chi connectivity index (χ1n) is 12.4. The number of likely N-dealkylation sites (tertiary alicyclic amines) is 1. The Hall–Kier alpha value is -3.13. The number of fused-ring (bicyclic) bond motifs is 1. The van der Waals surface area contributed by atoms with Gasteiger partial charge in [0.15, 0.2) is 5.17 Å². The lowest BCUT2D eigenvalue weighted by Crippen LogP contribution is -2.33. The molecule has 182 valence electrons. The number of nitrogens with zero attached hydrogens (tertiary/aromatic N) is 2. The van der Waals surface area contributed by atoms with E-state index in [2.05, 4.69) is 32.7 Å². The summed E-state index contributed by atoms with van der Waals surface area (Å²) in [5.41, 5.74) is 3.64. The second kappa shape index (κ2) is 10.6. The average molecular weight is 491 g/mol. The van der Waals surface area contributed by atoms with Gasteiger partial charge in [0.2, 0.25) is 5.91 Å². The summed E-state index contributed by atoms with van der Waals surface area (Å²) in [7, 11) is 0. The number of nitrogens with one attached hydrogen (secondary N) is 2. The van der Waals surface area contributed by atoms with Crippen LogP contribution in [0.3, 0.4) is 0 Å². The topological polar surface area (TPSA) is 90.9 Å². The predicted molar refractivity (Wildman–Crippen MR) is 139 cm³/mol. The molecule has 8 heteroatoms. The van der Waals surface area contributed by atoms with Crippen molar-refractivity contribution in [3.8, 4) is 0 Å². The minimum Gasteiger partial charge on any atom is -0.351 e. The molecule has 0 unspecified atom stereocenters. The molecule has 0 saturated carbocycles. The highest BCUT2D eigenvalue weighted by atomic mass is 32.2. The summed E-state index contributed by atoms with van der Waals surface area (Å²) in [5, 5.41) is 6.27. The first kappa shape index (κ1) is 23.6. The number of amides is 3. The SMILES string of the molecule is O=C(C[C@H]1SC(N2CCCCC2)=NC1=O)Nc1ccc(C(=O)N[C@H]2CCCc3ccccc32)cc1. The molecule has 2 aromatic rings. The maximum atomic E-state index is 12.8. The largest absolute Gasteiger partial charge is 0.351 e. The van der Waals surface area contributed by atoms with Crippen molar-refractivity contribution in [3.05, 3.63) is 65.2 Å². The number of aliphatic imine (C=N–C) groups is 1. The van der Waals surface area contributed by atoms with Crippen molar-refractivity contribution in [2.24, 2.45) is 4.99 Å². The Balaban J connectivity index is 1.13. The third-order valence-electron chi connectivity index (χ3n) is 6.83. The van der Waals surface area contributed by atoms with Gasteiger partial charge >= 0.3 is 0 Å². The van der Waals surface area contributed by atoms with Gasteiger partial charge in [0, 0.05) is 30.8 Å². The normalized spacial score (nSPS) is 21.8. The molecule has 5 rings (SSSR count). The lowest BCUT2D eigenvalue weighted by molar-refractivity contribution is -0.121. The fourth-order valence-electron chi connectivity index (χ4n) is 4.96. The first-order chi connectivity index (χ1) is 17.1. The Morgan fingerprint density at radius 2 is 1.77 bits per heavy atom. The molecular formula is C27H30N4O3S. The second-order valence-electron chi connectivity index (χ2n) is 9.33. The molecule has 3 aliphatic rings. The summed E-state index contributed by atoms with van der Waals surface area (Å²) in [6.07, 6.45) is 6.55. The zero-order valence-corrected chi connectivity index (χ0v) is 20.5. The van der Waals surface area contributed by atoms with E-state index in [1.807, 2.05) is 12.1 Å². The van der Waals surface area contributed by atoms with Crippen molar-refractivity contribution < 1.29 is 14.4 Å². The number of carbonyl (C=O) groups is 3.